The minimum atomic E-state index is -1.11. The molecule has 0 spiro atoms. The van der Waals surface area contributed by atoms with Gasteiger partial charge in [0.25, 0.3) is 6.79 Å². The van der Waals surface area contributed by atoms with Gasteiger partial charge in [-0.1, -0.05) is 0 Å². The van der Waals surface area contributed by atoms with Gasteiger partial charge in [0.1, 0.15) is 0 Å². The summed E-state index contributed by atoms with van der Waals surface area (Å²) in [6, 6.07) is -0.902. The molecule has 10 nitrogen and oxygen atoms in total. The van der Waals surface area contributed by atoms with Gasteiger partial charge in [0.05, 0.1) is 18.6 Å². The number of aliphatic carboxylic acids is 1. The van der Waals surface area contributed by atoms with Gasteiger partial charge in [-0.3, -0.25) is 0 Å². The van der Waals surface area contributed by atoms with E-state index in [1.54, 1.807) is 0 Å². The Hall–Kier alpha value is -2.26. The van der Waals surface area contributed by atoms with Crippen LogP contribution in [-0.4, -0.2) is 53.7 Å². The molecule has 0 aromatic rings. The topological polar surface area (TPSA) is 124 Å². The van der Waals surface area contributed by atoms with Gasteiger partial charge in [0.15, 0.2) is 6.04 Å². The van der Waals surface area contributed by atoms with Crippen LogP contribution >= 0.6 is 0 Å². The normalized spacial score (nSPS) is 19.2. The van der Waals surface area contributed by atoms with Gasteiger partial charge in [-0.05, 0) is 0 Å². The van der Waals surface area contributed by atoms with E-state index in [-0.39, 0.29) is 11.5 Å². The molecule has 96 valence electrons. The summed E-state index contributed by atoms with van der Waals surface area (Å²) in [5.74, 6) is -1.11. The fourth-order valence-corrected chi connectivity index (χ4v) is 1.08. The van der Waals surface area contributed by atoms with Gasteiger partial charge >= 0.3 is 12.1 Å². The van der Waals surface area contributed by atoms with E-state index >= 15 is 0 Å². The third-order valence-electron chi connectivity index (χ3n) is 2.02. The van der Waals surface area contributed by atoms with Crippen molar-refractivity contribution >= 4 is 12.1 Å². The van der Waals surface area contributed by atoms with E-state index in [1.807, 2.05) is 0 Å². The molecule has 0 bridgehead atoms. The van der Waals surface area contributed by atoms with Crippen molar-refractivity contribution in [3.05, 3.63) is 5.21 Å². The Morgan fingerprint density at radius 3 is 2.82 bits per heavy atom. The molecule has 0 aliphatic carbocycles. The molecule has 1 rings (SSSR count). The molecular formula is C7H11N3O7. The zero-order valence-corrected chi connectivity index (χ0v) is 8.94. The van der Waals surface area contributed by atoms with Crippen LogP contribution in [0, 0.1) is 5.21 Å². The van der Waals surface area contributed by atoms with Crippen LogP contribution < -0.4 is 0 Å². The Labute approximate surface area is 95.5 Å². The molecule has 1 saturated heterocycles. The molecule has 0 aromatic carbocycles. The Morgan fingerprint density at radius 2 is 2.35 bits per heavy atom. The Bertz CT molecular complexity index is 331. The van der Waals surface area contributed by atoms with Crippen molar-refractivity contribution in [3.8, 4) is 0 Å². The molecule has 0 radical (unpaired) electrons. The molecule has 1 N–H and O–H groups in total. The maximum Gasteiger partial charge on any atom is 0.510 e. The lowest BCUT2D eigenvalue weighted by Crippen LogP contribution is -2.55. The van der Waals surface area contributed by atoms with Gasteiger partial charge < -0.3 is 24.6 Å². The van der Waals surface area contributed by atoms with Crippen molar-refractivity contribution in [1.29, 1.82) is 0 Å². The number of hydrazine groups is 1. The van der Waals surface area contributed by atoms with Crippen LogP contribution in [0.25, 0.3) is 0 Å². The minimum absolute atomic E-state index is 0.00290. The number of hydrogen-bond acceptors (Lipinski definition) is 7. The van der Waals surface area contributed by atoms with E-state index < -0.39 is 25.0 Å². The molecule has 10 heteroatoms. The smallest absolute Gasteiger partial charge is 0.510 e. The molecule has 1 atom stereocenters. The first-order valence-electron chi connectivity index (χ1n) is 4.56. The Balaban J connectivity index is 2.30. The summed E-state index contributed by atoms with van der Waals surface area (Å²) in [7, 11) is 1.11. The fourth-order valence-electron chi connectivity index (χ4n) is 1.08. The van der Waals surface area contributed by atoms with E-state index in [0.717, 1.165) is 12.1 Å². The molecule has 17 heavy (non-hydrogen) atoms. The number of ether oxygens (including phenoxy) is 2. The van der Waals surface area contributed by atoms with Gasteiger partial charge in [-0.15, -0.1) is 5.01 Å². The van der Waals surface area contributed by atoms with Crippen LogP contribution in [0.15, 0.2) is 5.28 Å². The fraction of sp³-hybridized carbons (Fsp3) is 0.714. The van der Waals surface area contributed by atoms with E-state index in [2.05, 4.69) is 19.6 Å². The maximum atomic E-state index is 11.2. The van der Waals surface area contributed by atoms with E-state index in [9.17, 15) is 14.8 Å². The van der Waals surface area contributed by atoms with Crippen molar-refractivity contribution in [3.63, 3.8) is 0 Å². The first-order valence-corrected chi connectivity index (χ1v) is 4.56. The van der Waals surface area contributed by atoms with Crippen molar-refractivity contribution < 1.29 is 34.0 Å². The standard InChI is InChI=1S/C7H11N3O7/c1-15-7(13)16-4-17-8-10(14)9-3-2-5(9)6(11)12/h5H,2-4H2,1H3,(H,11,12)/b10-8-/t5-/m0/s1. The second-order valence-corrected chi connectivity index (χ2v) is 2.99. The van der Waals surface area contributed by atoms with Crippen molar-refractivity contribution in [2.24, 2.45) is 5.28 Å². The third kappa shape index (κ3) is 3.36. The first-order chi connectivity index (χ1) is 8.06. The van der Waals surface area contributed by atoms with E-state index in [1.165, 1.54) is 0 Å². The van der Waals surface area contributed by atoms with Crippen molar-refractivity contribution in [2.45, 2.75) is 12.5 Å². The molecule has 1 heterocycles. The molecule has 0 aromatic heterocycles. The molecular weight excluding hydrogens is 238 g/mol. The van der Waals surface area contributed by atoms with Crippen LogP contribution in [-0.2, 0) is 19.1 Å². The summed E-state index contributed by atoms with van der Waals surface area (Å²) in [5, 5.41) is 23.8. The summed E-state index contributed by atoms with van der Waals surface area (Å²) in [5.41, 5.74) is 0. The molecule has 1 aliphatic heterocycles. The van der Waals surface area contributed by atoms with Crippen molar-refractivity contribution in [1.82, 2.24) is 5.01 Å². The van der Waals surface area contributed by atoms with Crippen LogP contribution in [0.1, 0.15) is 6.42 Å². The molecule has 0 amide bonds. The number of hydrogen-bond donors (Lipinski definition) is 1. The zero-order chi connectivity index (χ0) is 12.8. The lowest BCUT2D eigenvalue weighted by molar-refractivity contribution is -0.729. The average molecular weight is 249 g/mol. The SMILES string of the molecule is COC(=O)OCO/N=[N+](\[O-])N1CC[C@H]1C(=O)O. The Kier molecular flexibility index (Phi) is 4.31. The molecule has 1 aliphatic rings. The van der Waals surface area contributed by atoms with E-state index in [4.69, 9.17) is 5.11 Å². The number of methoxy groups -OCH3 is 1. The molecule has 0 saturated carbocycles. The number of rotatable bonds is 5. The molecule has 0 unspecified atom stereocenters. The summed E-state index contributed by atoms with van der Waals surface area (Å²) >= 11 is 0. The summed E-state index contributed by atoms with van der Waals surface area (Å²) in [6.45, 7) is -0.331. The largest absolute Gasteiger partial charge is 0.569 e. The van der Waals surface area contributed by atoms with Gasteiger partial charge in [-0.25, -0.2) is 9.59 Å². The lowest BCUT2D eigenvalue weighted by atomic mass is 10.1. The molecule has 1 fully saturated rings. The van der Waals surface area contributed by atoms with Gasteiger partial charge in [-0.2, -0.15) is 0 Å². The number of carbonyl (C=O) groups is 2. The highest BCUT2D eigenvalue weighted by Gasteiger charge is 2.41. The predicted octanol–water partition coefficient (Wildman–Crippen LogP) is -0.305. The summed E-state index contributed by atoms with van der Waals surface area (Å²) < 4.78 is 8.39. The monoisotopic (exact) mass is 249 g/mol. The number of carboxylic acids is 1. The minimum Gasteiger partial charge on any atom is -0.569 e. The van der Waals surface area contributed by atoms with Crippen molar-refractivity contribution in [2.75, 3.05) is 20.4 Å². The van der Waals surface area contributed by atoms with Gasteiger partial charge in [0, 0.05) is 6.42 Å². The van der Waals surface area contributed by atoms with Crippen LogP contribution in [0.4, 0.5) is 4.79 Å². The van der Waals surface area contributed by atoms with Crippen LogP contribution in [0.5, 0.6) is 0 Å². The number of nitrogens with zero attached hydrogens (tertiary/aromatic N) is 3. The van der Waals surface area contributed by atoms with Gasteiger partial charge in [0.2, 0.25) is 5.28 Å². The predicted molar refractivity (Wildman–Crippen MR) is 48.2 cm³/mol. The number of carboxylic acid groups (broad SMARTS) is 1. The van der Waals surface area contributed by atoms with Crippen LogP contribution in [0.2, 0.25) is 0 Å². The average Bonchev–Trinajstić information content (AvgIpc) is 2.21. The highest BCUT2D eigenvalue weighted by atomic mass is 16.8. The highest BCUT2D eigenvalue weighted by molar-refractivity contribution is 5.74. The van der Waals surface area contributed by atoms with Crippen LogP contribution in [0.3, 0.4) is 0 Å². The first kappa shape index (κ1) is 12.8. The third-order valence-corrected chi connectivity index (χ3v) is 2.02. The second kappa shape index (κ2) is 5.72. The highest BCUT2D eigenvalue weighted by Crippen LogP contribution is 2.17. The Morgan fingerprint density at radius 1 is 1.65 bits per heavy atom. The summed E-state index contributed by atoms with van der Waals surface area (Å²) in [4.78, 5) is 25.4. The maximum absolute atomic E-state index is 11.2. The second-order valence-electron chi connectivity index (χ2n) is 2.99. The quantitative estimate of drug-likeness (QED) is 0.176. The lowest BCUT2D eigenvalue weighted by Gasteiger charge is -2.31. The zero-order valence-electron chi connectivity index (χ0n) is 8.94. The number of carbonyl (C=O) groups excluding carboxylic acids is 1. The summed E-state index contributed by atoms with van der Waals surface area (Å²) in [6.07, 6.45) is -0.618. The van der Waals surface area contributed by atoms with E-state index in [0.29, 0.717) is 6.42 Å².